The summed E-state index contributed by atoms with van der Waals surface area (Å²) in [6.07, 6.45) is 7.10. The van der Waals surface area contributed by atoms with E-state index in [1.807, 2.05) is 24.3 Å². The number of aromatic nitrogens is 3. The van der Waals surface area contributed by atoms with Crippen molar-refractivity contribution in [1.29, 1.82) is 0 Å². The summed E-state index contributed by atoms with van der Waals surface area (Å²) in [5.74, 6) is 2.61. The predicted molar refractivity (Wildman–Crippen MR) is 116 cm³/mol. The smallest absolute Gasteiger partial charge is 0.232 e. The number of thioether (sulfide) groups is 1. The molecule has 1 aromatic carbocycles. The zero-order valence-electron chi connectivity index (χ0n) is 16.7. The zero-order valence-corrected chi connectivity index (χ0v) is 17.5. The Bertz CT molecular complexity index is 811. The van der Waals surface area contributed by atoms with Crippen molar-refractivity contribution in [3.8, 4) is 5.75 Å². The van der Waals surface area contributed by atoms with Crippen LogP contribution >= 0.6 is 11.8 Å². The minimum atomic E-state index is 0.0660. The van der Waals surface area contributed by atoms with Gasteiger partial charge in [0.25, 0.3) is 0 Å². The van der Waals surface area contributed by atoms with Gasteiger partial charge >= 0.3 is 0 Å². The number of hydrogen-bond donors (Lipinski definition) is 3. The zero-order chi connectivity index (χ0) is 20.5. The number of methoxy groups -OCH3 is 1. The third-order valence-corrected chi connectivity index (χ3v) is 5.67. The fraction of sp³-hybridized carbons (Fsp3) is 0.500. The van der Waals surface area contributed by atoms with E-state index in [4.69, 9.17) is 10.5 Å². The molecule has 1 saturated carbocycles. The van der Waals surface area contributed by atoms with E-state index >= 15 is 0 Å². The van der Waals surface area contributed by atoms with Gasteiger partial charge in [0.2, 0.25) is 17.8 Å². The number of nitrogens with zero attached hydrogens (tertiary/aromatic N) is 3. The molecule has 156 valence electrons. The van der Waals surface area contributed by atoms with Crippen LogP contribution in [0.2, 0.25) is 0 Å². The van der Waals surface area contributed by atoms with Crippen molar-refractivity contribution >= 4 is 35.3 Å². The average Bonchev–Trinajstić information content (AvgIpc) is 2.96. The molecule has 0 atom stereocenters. The van der Waals surface area contributed by atoms with Gasteiger partial charge in [-0.2, -0.15) is 15.0 Å². The molecule has 0 spiro atoms. The molecule has 1 amide bonds. The summed E-state index contributed by atoms with van der Waals surface area (Å²) in [4.78, 5) is 24.9. The van der Waals surface area contributed by atoms with Crippen LogP contribution in [0.15, 0.2) is 24.3 Å². The molecule has 0 aliphatic heterocycles. The van der Waals surface area contributed by atoms with E-state index < -0.39 is 0 Å². The first-order valence-electron chi connectivity index (χ1n) is 9.91. The van der Waals surface area contributed by atoms with Crippen LogP contribution in [0.3, 0.4) is 0 Å². The fourth-order valence-corrected chi connectivity index (χ4v) is 4.04. The maximum atomic E-state index is 12.2. The quantitative estimate of drug-likeness (QED) is 0.562. The lowest BCUT2D eigenvalue weighted by atomic mass is 10.1. The van der Waals surface area contributed by atoms with Crippen LogP contribution in [0.5, 0.6) is 5.75 Å². The minimum Gasteiger partial charge on any atom is -0.495 e. The number of rotatable bonds is 8. The van der Waals surface area contributed by atoms with Gasteiger partial charge in [-0.25, -0.2) is 0 Å². The lowest BCUT2D eigenvalue weighted by Gasteiger charge is -2.15. The van der Waals surface area contributed by atoms with Crippen molar-refractivity contribution in [1.82, 2.24) is 20.3 Å². The number of nitrogens with two attached hydrogens (primary N) is 1. The Morgan fingerprint density at radius 1 is 1.17 bits per heavy atom. The van der Waals surface area contributed by atoms with E-state index in [1.54, 1.807) is 7.11 Å². The molecule has 8 nitrogen and oxygen atoms in total. The number of carbonyl (C=O) groups excluding carboxylic acids is 1. The van der Waals surface area contributed by atoms with Crippen LogP contribution in [-0.4, -0.2) is 39.8 Å². The van der Waals surface area contributed by atoms with Gasteiger partial charge in [-0.1, -0.05) is 37.8 Å². The molecule has 1 aliphatic carbocycles. The lowest BCUT2D eigenvalue weighted by molar-refractivity contribution is -0.119. The van der Waals surface area contributed by atoms with E-state index in [-0.39, 0.29) is 11.9 Å². The molecule has 3 rings (SSSR count). The van der Waals surface area contributed by atoms with Crippen molar-refractivity contribution < 1.29 is 9.53 Å². The Labute approximate surface area is 175 Å². The second-order valence-electron chi connectivity index (χ2n) is 7.01. The second kappa shape index (κ2) is 10.8. The van der Waals surface area contributed by atoms with E-state index in [0.717, 1.165) is 18.5 Å². The highest BCUT2D eigenvalue weighted by Crippen LogP contribution is 2.26. The Morgan fingerprint density at radius 2 is 1.93 bits per heavy atom. The number of amides is 1. The van der Waals surface area contributed by atoms with Gasteiger partial charge in [0.15, 0.2) is 0 Å². The van der Waals surface area contributed by atoms with Crippen molar-refractivity contribution in [2.24, 2.45) is 0 Å². The summed E-state index contributed by atoms with van der Waals surface area (Å²) in [5.41, 5.74) is 6.57. The normalized spacial score (nSPS) is 14.8. The van der Waals surface area contributed by atoms with E-state index in [0.29, 0.717) is 35.1 Å². The van der Waals surface area contributed by atoms with Gasteiger partial charge < -0.3 is 21.1 Å². The Balaban J connectivity index is 1.52. The van der Waals surface area contributed by atoms with Crippen molar-refractivity contribution in [2.45, 2.75) is 50.3 Å². The van der Waals surface area contributed by atoms with Crippen LogP contribution in [-0.2, 0) is 10.5 Å². The molecule has 0 bridgehead atoms. The number of nitrogens with one attached hydrogen (secondary N) is 2. The number of carbonyl (C=O) groups is 1. The highest BCUT2D eigenvalue weighted by atomic mass is 32.2. The van der Waals surface area contributed by atoms with Gasteiger partial charge in [0, 0.05) is 6.04 Å². The molecular weight excluding hydrogens is 388 g/mol. The molecule has 29 heavy (non-hydrogen) atoms. The monoisotopic (exact) mass is 416 g/mol. The molecule has 9 heteroatoms. The molecule has 1 aromatic heterocycles. The molecule has 1 fully saturated rings. The predicted octanol–water partition coefficient (Wildman–Crippen LogP) is 3.28. The Morgan fingerprint density at radius 3 is 2.69 bits per heavy atom. The number of benzene rings is 1. The van der Waals surface area contributed by atoms with E-state index in [9.17, 15) is 4.79 Å². The van der Waals surface area contributed by atoms with Crippen molar-refractivity contribution in [3.63, 3.8) is 0 Å². The van der Waals surface area contributed by atoms with Crippen LogP contribution in [0.1, 0.15) is 44.3 Å². The number of anilines is 3. The van der Waals surface area contributed by atoms with Crippen LogP contribution in [0.4, 0.5) is 17.6 Å². The minimum absolute atomic E-state index is 0.0660. The van der Waals surface area contributed by atoms with Crippen molar-refractivity contribution in [3.05, 3.63) is 30.1 Å². The topological polar surface area (TPSA) is 115 Å². The fourth-order valence-electron chi connectivity index (χ4n) is 3.35. The van der Waals surface area contributed by atoms with Gasteiger partial charge in [-0.3, -0.25) is 4.79 Å². The van der Waals surface area contributed by atoms with Crippen LogP contribution in [0, 0.1) is 0 Å². The summed E-state index contributed by atoms with van der Waals surface area (Å²) >= 11 is 1.47. The second-order valence-corrected chi connectivity index (χ2v) is 7.99. The summed E-state index contributed by atoms with van der Waals surface area (Å²) in [6, 6.07) is 7.80. The first-order chi connectivity index (χ1) is 14.1. The summed E-state index contributed by atoms with van der Waals surface area (Å²) in [7, 11) is 1.60. The first kappa shape index (κ1) is 21.2. The Kier molecular flexibility index (Phi) is 7.92. The molecule has 1 aliphatic rings. The van der Waals surface area contributed by atoms with Crippen LogP contribution < -0.4 is 21.1 Å². The first-order valence-corrected chi connectivity index (χ1v) is 11.1. The van der Waals surface area contributed by atoms with Crippen LogP contribution in [0.25, 0.3) is 0 Å². The Hall–Kier alpha value is -2.55. The molecule has 1 heterocycles. The van der Waals surface area contributed by atoms with Gasteiger partial charge in [-0.05, 0) is 25.0 Å². The third kappa shape index (κ3) is 6.77. The molecule has 0 radical (unpaired) electrons. The number of ether oxygens (including phenoxy) is 1. The molecular formula is C20H28N6O2S. The summed E-state index contributed by atoms with van der Waals surface area (Å²) < 4.78 is 5.33. The highest BCUT2D eigenvalue weighted by molar-refractivity contribution is 7.99. The summed E-state index contributed by atoms with van der Waals surface area (Å²) in [6.45, 7) is 0. The largest absolute Gasteiger partial charge is 0.495 e. The van der Waals surface area contributed by atoms with Gasteiger partial charge in [0.05, 0.1) is 24.3 Å². The molecule has 0 unspecified atom stereocenters. The maximum absolute atomic E-state index is 12.2. The standard InChI is InChI=1S/C20H28N6O2S/c1-28-16-11-7-6-10-15(16)23-20-25-17(24-19(21)26-20)12-29-13-18(27)22-14-8-4-2-3-5-9-14/h6-7,10-11,14H,2-5,8-9,12-13H2,1H3,(H,22,27)(H3,21,23,24,25,26). The summed E-state index contributed by atoms with van der Waals surface area (Å²) in [5, 5.41) is 6.26. The molecule has 0 saturated heterocycles. The SMILES string of the molecule is COc1ccccc1Nc1nc(N)nc(CSCC(=O)NC2CCCCCC2)n1. The number of hydrogen-bond acceptors (Lipinski definition) is 8. The number of para-hydroxylation sites is 2. The van der Waals surface area contributed by atoms with Crippen molar-refractivity contribution in [2.75, 3.05) is 23.9 Å². The lowest BCUT2D eigenvalue weighted by Crippen LogP contribution is -2.35. The van der Waals surface area contributed by atoms with Gasteiger partial charge in [0.1, 0.15) is 11.6 Å². The molecule has 4 N–H and O–H groups in total. The highest BCUT2D eigenvalue weighted by Gasteiger charge is 2.15. The van der Waals surface area contributed by atoms with Gasteiger partial charge in [-0.15, -0.1) is 11.8 Å². The molecule has 2 aromatic rings. The van der Waals surface area contributed by atoms with E-state index in [2.05, 4.69) is 25.6 Å². The van der Waals surface area contributed by atoms with E-state index in [1.165, 1.54) is 37.4 Å². The maximum Gasteiger partial charge on any atom is 0.232 e. The number of nitrogen functional groups attached to an aromatic ring is 1. The average molecular weight is 417 g/mol. The third-order valence-electron chi connectivity index (χ3n) is 4.74.